The third-order valence-corrected chi connectivity index (χ3v) is 6.89. The molecule has 32 heavy (non-hydrogen) atoms. The second-order valence-electron chi connectivity index (χ2n) is 7.35. The lowest BCUT2D eigenvalue weighted by molar-refractivity contribution is -0.117. The van der Waals surface area contributed by atoms with Crippen molar-refractivity contribution in [3.63, 3.8) is 0 Å². The Morgan fingerprint density at radius 1 is 1.31 bits per heavy atom. The molecule has 3 aliphatic rings. The molecular formula is C26H32BrN3OS. The number of halogens is 1. The average Bonchev–Trinajstić information content (AvgIpc) is 3.40. The van der Waals surface area contributed by atoms with Crippen molar-refractivity contribution in [2.45, 2.75) is 72.4 Å². The van der Waals surface area contributed by atoms with Gasteiger partial charge in [0.1, 0.15) is 17.9 Å². The number of Topliss-reactive ketones (excluding diaryl/α,β-unsaturated/α-hetero) is 1. The third-order valence-electron chi connectivity index (χ3n) is 5.35. The normalized spacial score (nSPS) is 20.8. The minimum atomic E-state index is -0.382. The zero-order valence-corrected chi connectivity index (χ0v) is 22.0. The largest absolute Gasteiger partial charge is 0.326 e. The maximum absolute atomic E-state index is 12.9. The van der Waals surface area contributed by atoms with Crippen LogP contribution in [-0.4, -0.2) is 28.6 Å². The molecule has 0 saturated carbocycles. The summed E-state index contributed by atoms with van der Waals surface area (Å²) in [7, 11) is 0. The van der Waals surface area contributed by atoms with Gasteiger partial charge in [0.15, 0.2) is 5.78 Å². The fourth-order valence-electron chi connectivity index (χ4n) is 3.76. The Kier molecular flexibility index (Phi) is 10.3. The van der Waals surface area contributed by atoms with E-state index < -0.39 is 0 Å². The van der Waals surface area contributed by atoms with Crippen LogP contribution in [0.1, 0.15) is 58.3 Å². The van der Waals surface area contributed by atoms with Crippen molar-refractivity contribution >= 4 is 38.9 Å². The molecule has 0 fully saturated rings. The number of thiophene rings is 1. The first-order valence-electron chi connectivity index (χ1n) is 11.3. The van der Waals surface area contributed by atoms with Crippen LogP contribution >= 0.6 is 27.3 Å². The van der Waals surface area contributed by atoms with Crippen molar-refractivity contribution < 1.29 is 4.79 Å². The van der Waals surface area contributed by atoms with E-state index in [1.54, 1.807) is 11.3 Å². The molecule has 0 spiro atoms. The molecule has 170 valence electrons. The number of hydrogen-bond donors (Lipinski definition) is 0. The Balaban J connectivity index is 0.000000340. The van der Waals surface area contributed by atoms with Crippen LogP contribution < -0.4 is 0 Å². The molecule has 0 aromatic carbocycles. The molecule has 0 radical (unpaired) electrons. The summed E-state index contributed by atoms with van der Waals surface area (Å²) in [5, 5.41) is 9.34. The highest BCUT2D eigenvalue weighted by atomic mass is 79.9. The highest BCUT2D eigenvalue weighted by Crippen LogP contribution is 2.31. The molecule has 1 aromatic rings. The van der Waals surface area contributed by atoms with Gasteiger partial charge in [-0.05, 0) is 72.3 Å². The molecule has 3 heterocycles. The van der Waals surface area contributed by atoms with Crippen LogP contribution in [0.4, 0.5) is 0 Å². The molecule has 6 heteroatoms. The number of carbonyl (C=O) groups is 1. The molecule has 2 atom stereocenters. The highest BCUT2D eigenvalue weighted by Gasteiger charge is 2.40. The molecule has 2 unspecified atom stereocenters. The lowest BCUT2D eigenvalue weighted by Gasteiger charge is -2.28. The number of carbonyl (C=O) groups excluding carboxylic acids is 1. The molecule has 4 rings (SSSR count). The number of allylic oxidation sites excluding steroid dienone is 5. The summed E-state index contributed by atoms with van der Waals surface area (Å²) >= 11 is 5.11. The van der Waals surface area contributed by atoms with Gasteiger partial charge >= 0.3 is 0 Å². The van der Waals surface area contributed by atoms with E-state index in [0.29, 0.717) is 5.57 Å². The van der Waals surface area contributed by atoms with Gasteiger partial charge in [-0.1, -0.05) is 45.9 Å². The van der Waals surface area contributed by atoms with E-state index in [2.05, 4.69) is 48.0 Å². The molecule has 0 bridgehead atoms. The third kappa shape index (κ3) is 6.17. The molecule has 1 aliphatic carbocycles. The van der Waals surface area contributed by atoms with E-state index in [4.69, 9.17) is 4.99 Å². The van der Waals surface area contributed by atoms with Crippen molar-refractivity contribution in [3.05, 3.63) is 68.0 Å². The number of ketones is 1. The quantitative estimate of drug-likeness (QED) is 0.424. The predicted octanol–water partition coefficient (Wildman–Crippen LogP) is 7.30. The number of nitriles is 1. The van der Waals surface area contributed by atoms with Gasteiger partial charge in [-0.3, -0.25) is 9.79 Å². The van der Waals surface area contributed by atoms with E-state index in [9.17, 15) is 10.1 Å². The van der Waals surface area contributed by atoms with Crippen LogP contribution in [0.25, 0.3) is 0 Å². The molecule has 1 aromatic heterocycles. The van der Waals surface area contributed by atoms with Crippen molar-refractivity contribution in [1.29, 1.82) is 5.26 Å². The summed E-state index contributed by atoms with van der Waals surface area (Å²) in [6, 6.07) is 6.02. The summed E-state index contributed by atoms with van der Waals surface area (Å²) in [5.74, 6) is 0.902. The first-order valence-corrected chi connectivity index (χ1v) is 12.9. The van der Waals surface area contributed by atoms with E-state index in [1.807, 2.05) is 56.2 Å². The van der Waals surface area contributed by atoms with Crippen molar-refractivity contribution in [3.8, 4) is 6.07 Å². The van der Waals surface area contributed by atoms with Crippen LogP contribution in [0.3, 0.4) is 0 Å². The Morgan fingerprint density at radius 3 is 2.53 bits per heavy atom. The van der Waals surface area contributed by atoms with Crippen molar-refractivity contribution in [2.75, 3.05) is 0 Å². The van der Waals surface area contributed by atoms with Crippen molar-refractivity contribution in [2.24, 2.45) is 4.99 Å². The average molecular weight is 515 g/mol. The van der Waals surface area contributed by atoms with Gasteiger partial charge in [-0.25, -0.2) is 0 Å². The van der Waals surface area contributed by atoms with E-state index >= 15 is 0 Å². The molecule has 2 aliphatic heterocycles. The Bertz CT molecular complexity index is 990. The highest BCUT2D eigenvalue weighted by molar-refractivity contribution is 9.11. The molecule has 0 saturated heterocycles. The number of nitrogens with zero attached hydrogens (tertiary/aromatic N) is 3. The van der Waals surface area contributed by atoms with Gasteiger partial charge in [0.25, 0.3) is 0 Å². The first kappa shape index (κ1) is 26.0. The SMILES string of the molecule is CC.CCC1=CC2=NC(C(=O)C3=CCCC=C3)C(CC)N2C=C1C#N.Cc1ccc(Br)s1. The molecule has 4 nitrogen and oxygen atoms in total. The number of hydrogen-bond acceptors (Lipinski definition) is 5. The number of fused-ring (bicyclic) bond motifs is 1. The lowest BCUT2D eigenvalue weighted by atomic mass is 9.93. The summed E-state index contributed by atoms with van der Waals surface area (Å²) < 4.78 is 1.21. The van der Waals surface area contributed by atoms with Gasteiger partial charge in [0.05, 0.1) is 15.4 Å². The maximum atomic E-state index is 12.9. The molecule has 0 N–H and O–H groups in total. The topological polar surface area (TPSA) is 56.5 Å². The Hall–Kier alpha value is -2.23. The summed E-state index contributed by atoms with van der Waals surface area (Å²) in [6.45, 7) is 10.2. The number of rotatable bonds is 4. The van der Waals surface area contributed by atoms with Crippen LogP contribution in [0.2, 0.25) is 0 Å². The zero-order chi connectivity index (χ0) is 23.7. The summed E-state index contributed by atoms with van der Waals surface area (Å²) in [5.41, 5.74) is 2.44. The Labute approximate surface area is 204 Å². The van der Waals surface area contributed by atoms with Gasteiger partial charge in [-0.2, -0.15) is 5.26 Å². The van der Waals surface area contributed by atoms with E-state index in [1.165, 1.54) is 8.66 Å². The predicted molar refractivity (Wildman–Crippen MR) is 139 cm³/mol. The van der Waals surface area contributed by atoms with Gasteiger partial charge in [0, 0.05) is 16.7 Å². The summed E-state index contributed by atoms with van der Waals surface area (Å²) in [6.07, 6.45) is 13.3. The minimum Gasteiger partial charge on any atom is -0.326 e. The fourth-order valence-corrected chi connectivity index (χ4v) is 5.24. The van der Waals surface area contributed by atoms with Crippen molar-refractivity contribution in [1.82, 2.24) is 4.90 Å². The second kappa shape index (κ2) is 12.7. The minimum absolute atomic E-state index is 0.00765. The molecular weight excluding hydrogens is 482 g/mol. The van der Waals surface area contributed by atoms with Gasteiger partial charge < -0.3 is 4.90 Å². The number of aliphatic imine (C=N–C) groups is 1. The monoisotopic (exact) mass is 513 g/mol. The number of aryl methyl sites for hydroxylation is 1. The van der Waals surface area contributed by atoms with E-state index in [-0.39, 0.29) is 17.9 Å². The van der Waals surface area contributed by atoms with Gasteiger partial charge in [0.2, 0.25) is 0 Å². The molecule has 0 amide bonds. The number of amidine groups is 1. The maximum Gasteiger partial charge on any atom is 0.189 e. The van der Waals surface area contributed by atoms with Crippen LogP contribution in [0, 0.1) is 18.3 Å². The lowest BCUT2D eigenvalue weighted by Crippen LogP contribution is -2.40. The van der Waals surface area contributed by atoms with Crippen LogP contribution in [0.15, 0.2) is 68.1 Å². The van der Waals surface area contributed by atoms with Crippen LogP contribution in [-0.2, 0) is 4.79 Å². The van der Waals surface area contributed by atoms with E-state index in [0.717, 1.165) is 42.7 Å². The first-order chi connectivity index (χ1) is 15.5. The fraction of sp³-hybridized carbons (Fsp3) is 0.423. The smallest absolute Gasteiger partial charge is 0.189 e. The standard InChI is InChI=1S/C19H21N3O.C5H5BrS.C2H6/c1-3-13-10-17-21-18(19(23)14-8-6-5-7-9-14)16(4-2)22(17)12-15(13)11-20;1-4-2-3-5(6)7-4;1-2/h6,8-10,12,16,18H,3-5,7H2,1-2H3;2-3H,1H3;1-2H3. The van der Waals surface area contributed by atoms with Gasteiger partial charge in [-0.15, -0.1) is 11.3 Å². The summed E-state index contributed by atoms with van der Waals surface area (Å²) in [4.78, 5) is 20.9. The van der Waals surface area contributed by atoms with Crippen LogP contribution in [0.5, 0.6) is 0 Å². The second-order valence-corrected chi connectivity index (χ2v) is 10.0. The zero-order valence-electron chi connectivity index (χ0n) is 19.6. The Morgan fingerprint density at radius 2 is 2.06 bits per heavy atom.